The Kier molecular flexibility index (Phi) is 3.72. The van der Waals surface area contributed by atoms with Gasteiger partial charge in [-0.2, -0.15) is 0 Å². The molecule has 2 heterocycles. The number of hydrogen-bond donors (Lipinski definition) is 1. The van der Waals surface area contributed by atoms with Gasteiger partial charge in [0.2, 0.25) is 5.88 Å². The molecule has 0 aliphatic rings. The molecule has 0 saturated carbocycles. The van der Waals surface area contributed by atoms with Gasteiger partial charge in [0.1, 0.15) is 10.5 Å². The van der Waals surface area contributed by atoms with Gasteiger partial charge >= 0.3 is 0 Å². The Morgan fingerprint density at radius 1 is 1.33 bits per heavy atom. The van der Waals surface area contributed by atoms with Crippen LogP contribution in [0.25, 0.3) is 0 Å². The Bertz CT molecular complexity index is 605. The van der Waals surface area contributed by atoms with Crippen molar-refractivity contribution < 1.29 is 4.74 Å². The maximum absolute atomic E-state index is 5.22. The largest absolute Gasteiger partial charge is 0.481 e. The summed E-state index contributed by atoms with van der Waals surface area (Å²) < 4.78 is 5.68. The Labute approximate surface area is 111 Å². The Balaban J connectivity index is 2.25. The number of aromatic nitrogens is 3. The number of aromatic amines is 1. The fourth-order valence-electron chi connectivity index (χ4n) is 1.62. The van der Waals surface area contributed by atoms with Crippen molar-refractivity contribution in [3.63, 3.8) is 0 Å². The van der Waals surface area contributed by atoms with Gasteiger partial charge in [0.05, 0.1) is 7.11 Å². The van der Waals surface area contributed by atoms with Crippen LogP contribution in [0, 0.1) is 18.5 Å². The molecule has 0 fully saturated rings. The molecule has 18 heavy (non-hydrogen) atoms. The molecular weight excluding hydrogens is 246 g/mol. The highest BCUT2D eigenvalue weighted by Gasteiger charge is 2.03. The molecule has 0 amide bonds. The second kappa shape index (κ2) is 5.27. The van der Waals surface area contributed by atoms with Gasteiger partial charge in [-0.25, -0.2) is 9.97 Å². The molecule has 0 radical (unpaired) electrons. The molecule has 1 N–H and O–H groups in total. The normalized spacial score (nSPS) is 10.4. The first kappa shape index (κ1) is 12.7. The van der Waals surface area contributed by atoms with Crippen LogP contribution in [0.4, 0.5) is 0 Å². The number of pyridine rings is 1. The Hall–Kier alpha value is -1.75. The van der Waals surface area contributed by atoms with Gasteiger partial charge < -0.3 is 9.72 Å². The van der Waals surface area contributed by atoms with Crippen LogP contribution in [0.1, 0.15) is 22.6 Å². The van der Waals surface area contributed by atoms with Crippen LogP contribution in [-0.2, 0) is 6.42 Å². The third-order valence-corrected chi connectivity index (χ3v) is 3.23. The van der Waals surface area contributed by atoms with Crippen LogP contribution >= 0.6 is 12.2 Å². The number of H-pyrrole nitrogens is 1. The Morgan fingerprint density at radius 3 is 2.67 bits per heavy atom. The molecule has 0 unspecified atom stereocenters. The molecule has 0 aliphatic carbocycles. The molecule has 4 nitrogen and oxygen atoms in total. The number of rotatable bonds is 3. The molecule has 0 aliphatic heterocycles. The summed E-state index contributed by atoms with van der Waals surface area (Å²) in [4.78, 5) is 11.8. The van der Waals surface area contributed by atoms with Crippen molar-refractivity contribution in [3.05, 3.63) is 45.6 Å². The van der Waals surface area contributed by atoms with E-state index < -0.39 is 0 Å². The van der Waals surface area contributed by atoms with Crippen molar-refractivity contribution in [1.82, 2.24) is 15.0 Å². The molecule has 5 heteroatoms. The van der Waals surface area contributed by atoms with Crippen LogP contribution in [-0.4, -0.2) is 22.1 Å². The van der Waals surface area contributed by atoms with Gasteiger partial charge in [-0.1, -0.05) is 18.3 Å². The summed E-state index contributed by atoms with van der Waals surface area (Å²) in [6, 6.07) is 3.81. The zero-order valence-corrected chi connectivity index (χ0v) is 11.5. The number of ether oxygens (including phenoxy) is 1. The molecule has 2 aromatic heterocycles. The first-order valence-electron chi connectivity index (χ1n) is 5.65. The van der Waals surface area contributed by atoms with E-state index >= 15 is 0 Å². The Morgan fingerprint density at radius 2 is 2.11 bits per heavy atom. The minimum atomic E-state index is 0.611. The number of methoxy groups -OCH3 is 1. The first-order valence-corrected chi connectivity index (χ1v) is 6.06. The van der Waals surface area contributed by atoms with E-state index in [1.165, 1.54) is 0 Å². The van der Waals surface area contributed by atoms with Gasteiger partial charge in [-0.15, -0.1) is 0 Å². The van der Waals surface area contributed by atoms with Gasteiger partial charge in [0.25, 0.3) is 0 Å². The van der Waals surface area contributed by atoms with E-state index in [2.05, 4.69) is 15.0 Å². The molecule has 0 spiro atoms. The summed E-state index contributed by atoms with van der Waals surface area (Å²) in [6.45, 7) is 3.97. The van der Waals surface area contributed by atoms with Crippen LogP contribution < -0.4 is 4.74 Å². The maximum Gasteiger partial charge on any atom is 0.212 e. The lowest BCUT2D eigenvalue weighted by atomic mass is 10.2. The number of nitrogens with zero attached hydrogens (tertiary/aromatic N) is 2. The van der Waals surface area contributed by atoms with Crippen molar-refractivity contribution in [2.24, 2.45) is 0 Å². The lowest BCUT2D eigenvalue weighted by Crippen LogP contribution is -2.01. The fraction of sp³-hybridized carbons (Fsp3) is 0.308. The van der Waals surface area contributed by atoms with Crippen LogP contribution in [0.3, 0.4) is 0 Å². The molecule has 2 aromatic rings. The molecular formula is C13H15N3OS. The van der Waals surface area contributed by atoms with Crippen molar-refractivity contribution in [2.45, 2.75) is 20.3 Å². The monoisotopic (exact) mass is 261 g/mol. The maximum atomic E-state index is 5.22. The van der Waals surface area contributed by atoms with Gasteiger partial charge in [0, 0.05) is 29.9 Å². The highest BCUT2D eigenvalue weighted by atomic mass is 32.1. The van der Waals surface area contributed by atoms with Crippen molar-refractivity contribution >= 4 is 12.2 Å². The highest BCUT2D eigenvalue weighted by molar-refractivity contribution is 7.71. The van der Waals surface area contributed by atoms with Crippen LogP contribution in [0.15, 0.2) is 18.3 Å². The average molecular weight is 261 g/mol. The minimum absolute atomic E-state index is 0.611. The molecule has 0 aromatic carbocycles. The smallest absolute Gasteiger partial charge is 0.212 e. The van der Waals surface area contributed by atoms with Gasteiger partial charge in [0.15, 0.2) is 0 Å². The first-order chi connectivity index (χ1) is 8.60. The third kappa shape index (κ3) is 2.73. The van der Waals surface area contributed by atoms with E-state index in [0.717, 1.165) is 22.6 Å². The van der Waals surface area contributed by atoms with E-state index in [-0.39, 0.29) is 0 Å². The van der Waals surface area contributed by atoms with E-state index in [9.17, 15) is 0 Å². The van der Waals surface area contributed by atoms with Gasteiger partial charge in [-0.05, 0) is 19.4 Å². The standard InChI is InChI=1S/C13H15N3OS/c1-8-9(2)15-11(16-13(8)18)6-10-4-5-12(17-3)14-7-10/h4-5,7H,6H2,1-3H3,(H,15,16,18). The number of hydrogen-bond acceptors (Lipinski definition) is 4. The molecule has 0 bridgehead atoms. The highest BCUT2D eigenvalue weighted by Crippen LogP contribution is 2.11. The summed E-state index contributed by atoms with van der Waals surface area (Å²) in [5.41, 5.74) is 3.16. The quantitative estimate of drug-likeness (QED) is 0.863. The van der Waals surface area contributed by atoms with Crippen molar-refractivity contribution in [3.8, 4) is 5.88 Å². The zero-order valence-electron chi connectivity index (χ0n) is 10.7. The zero-order chi connectivity index (χ0) is 13.1. The average Bonchev–Trinajstić information content (AvgIpc) is 2.37. The topological polar surface area (TPSA) is 50.8 Å². The number of aryl methyl sites for hydroxylation is 1. The minimum Gasteiger partial charge on any atom is -0.481 e. The SMILES string of the molecule is COc1ccc(Cc2nc(=S)c(C)c(C)[nH]2)cn1. The van der Waals surface area contributed by atoms with Crippen LogP contribution in [0.5, 0.6) is 5.88 Å². The lowest BCUT2D eigenvalue weighted by molar-refractivity contribution is 0.397. The second-order valence-electron chi connectivity index (χ2n) is 4.12. The predicted octanol–water partition coefficient (Wildman–Crippen LogP) is 2.75. The van der Waals surface area contributed by atoms with Gasteiger partial charge in [-0.3, -0.25) is 0 Å². The fourth-order valence-corrected chi connectivity index (χ4v) is 1.88. The van der Waals surface area contributed by atoms with Crippen molar-refractivity contribution in [1.29, 1.82) is 0 Å². The van der Waals surface area contributed by atoms with E-state index in [1.54, 1.807) is 13.3 Å². The summed E-state index contributed by atoms with van der Waals surface area (Å²) in [5.74, 6) is 1.47. The second-order valence-corrected chi connectivity index (χ2v) is 4.51. The van der Waals surface area contributed by atoms with Crippen molar-refractivity contribution in [2.75, 3.05) is 7.11 Å². The summed E-state index contributed by atoms with van der Waals surface area (Å²) >= 11 is 5.22. The summed E-state index contributed by atoms with van der Waals surface area (Å²) in [6.07, 6.45) is 2.47. The molecule has 2 rings (SSSR count). The summed E-state index contributed by atoms with van der Waals surface area (Å²) in [5, 5.41) is 0. The van der Waals surface area contributed by atoms with E-state index in [0.29, 0.717) is 16.9 Å². The summed E-state index contributed by atoms with van der Waals surface area (Å²) in [7, 11) is 1.60. The van der Waals surface area contributed by atoms with Crippen LogP contribution in [0.2, 0.25) is 0 Å². The van der Waals surface area contributed by atoms with E-state index in [4.69, 9.17) is 17.0 Å². The van der Waals surface area contributed by atoms with E-state index in [1.807, 2.05) is 26.0 Å². The predicted molar refractivity (Wildman–Crippen MR) is 72.5 cm³/mol. The third-order valence-electron chi connectivity index (χ3n) is 2.83. The molecule has 0 saturated heterocycles. The number of nitrogens with one attached hydrogen (secondary N) is 1. The lowest BCUT2D eigenvalue weighted by Gasteiger charge is -2.06. The molecule has 0 atom stereocenters. The molecule has 94 valence electrons.